The number of anilines is 2. The van der Waals surface area contributed by atoms with E-state index >= 15 is 0 Å². The van der Waals surface area contributed by atoms with Gasteiger partial charge < -0.3 is 16.0 Å². The SMILES string of the molecule is CNc1ncnc(NCC(=O)NC2CC2)c1C(C)C. The van der Waals surface area contributed by atoms with Crippen LogP contribution in [0.15, 0.2) is 6.33 Å². The number of carbonyl (C=O) groups excluding carboxylic acids is 1. The van der Waals surface area contributed by atoms with E-state index in [-0.39, 0.29) is 18.4 Å². The van der Waals surface area contributed by atoms with Gasteiger partial charge in [-0.2, -0.15) is 0 Å². The van der Waals surface area contributed by atoms with Gasteiger partial charge in [-0.25, -0.2) is 9.97 Å². The van der Waals surface area contributed by atoms with Gasteiger partial charge in [-0.05, 0) is 18.8 Å². The molecule has 1 fully saturated rings. The van der Waals surface area contributed by atoms with Crippen LogP contribution in [0.1, 0.15) is 38.2 Å². The molecule has 1 aromatic heterocycles. The number of hydrogen-bond donors (Lipinski definition) is 3. The number of carbonyl (C=O) groups is 1. The average Bonchev–Trinajstić information content (AvgIpc) is 3.19. The van der Waals surface area contributed by atoms with Crippen LogP contribution in [0, 0.1) is 0 Å². The van der Waals surface area contributed by atoms with Gasteiger partial charge in [0.05, 0.1) is 6.54 Å². The lowest BCUT2D eigenvalue weighted by atomic mass is 10.0. The minimum atomic E-state index is 0.0156. The van der Waals surface area contributed by atoms with Crippen LogP contribution in [0.4, 0.5) is 11.6 Å². The van der Waals surface area contributed by atoms with Gasteiger partial charge in [0.15, 0.2) is 0 Å². The summed E-state index contributed by atoms with van der Waals surface area (Å²) in [6, 6.07) is 0.386. The molecule has 1 saturated carbocycles. The molecule has 1 heterocycles. The smallest absolute Gasteiger partial charge is 0.239 e. The highest BCUT2D eigenvalue weighted by Gasteiger charge is 2.23. The van der Waals surface area contributed by atoms with Crippen LogP contribution >= 0.6 is 0 Å². The van der Waals surface area contributed by atoms with Crippen LogP contribution in [0.25, 0.3) is 0 Å². The Balaban J connectivity index is 2.03. The van der Waals surface area contributed by atoms with Gasteiger partial charge in [0.25, 0.3) is 0 Å². The predicted octanol–water partition coefficient (Wildman–Crippen LogP) is 1.33. The Morgan fingerprint density at radius 1 is 1.37 bits per heavy atom. The van der Waals surface area contributed by atoms with E-state index in [1.807, 2.05) is 7.05 Å². The van der Waals surface area contributed by atoms with Crippen LogP contribution in [0.5, 0.6) is 0 Å². The fraction of sp³-hybridized carbons (Fsp3) is 0.615. The molecule has 104 valence electrons. The molecule has 1 aliphatic carbocycles. The summed E-state index contributed by atoms with van der Waals surface area (Å²) in [6.07, 6.45) is 3.69. The molecule has 1 aliphatic rings. The standard InChI is InChI=1S/C13H21N5O/c1-8(2)11-12(14-3)16-7-17-13(11)15-6-10(19)18-9-4-5-9/h7-9H,4-6H2,1-3H3,(H,18,19)(H2,14,15,16,17). The molecule has 2 rings (SSSR count). The summed E-state index contributed by atoms with van der Waals surface area (Å²) in [4.78, 5) is 20.1. The molecule has 0 atom stereocenters. The molecule has 1 aromatic rings. The minimum absolute atomic E-state index is 0.0156. The summed E-state index contributed by atoms with van der Waals surface area (Å²) in [6.45, 7) is 4.40. The zero-order valence-corrected chi connectivity index (χ0v) is 11.7. The normalized spacial score (nSPS) is 14.3. The molecule has 19 heavy (non-hydrogen) atoms. The van der Waals surface area contributed by atoms with Crippen molar-refractivity contribution in [3.05, 3.63) is 11.9 Å². The Morgan fingerprint density at radius 3 is 2.63 bits per heavy atom. The van der Waals surface area contributed by atoms with Gasteiger partial charge in [0, 0.05) is 18.7 Å². The molecule has 3 N–H and O–H groups in total. The van der Waals surface area contributed by atoms with Crippen LogP contribution in [0.2, 0.25) is 0 Å². The maximum Gasteiger partial charge on any atom is 0.239 e. The highest BCUT2D eigenvalue weighted by Crippen LogP contribution is 2.27. The number of hydrogen-bond acceptors (Lipinski definition) is 5. The molecule has 0 saturated heterocycles. The number of amides is 1. The van der Waals surface area contributed by atoms with Crippen LogP contribution in [-0.2, 0) is 4.79 Å². The lowest BCUT2D eigenvalue weighted by Crippen LogP contribution is -2.31. The van der Waals surface area contributed by atoms with Crippen molar-refractivity contribution >= 4 is 17.5 Å². The molecule has 6 heteroatoms. The zero-order chi connectivity index (χ0) is 13.8. The Labute approximate surface area is 113 Å². The maximum atomic E-state index is 11.7. The summed E-state index contributed by atoms with van der Waals surface area (Å²) >= 11 is 0. The van der Waals surface area contributed by atoms with Crippen molar-refractivity contribution in [2.45, 2.75) is 38.6 Å². The summed E-state index contributed by atoms with van der Waals surface area (Å²) in [5.74, 6) is 1.81. The largest absolute Gasteiger partial charge is 0.373 e. The average molecular weight is 263 g/mol. The highest BCUT2D eigenvalue weighted by atomic mass is 16.2. The molecule has 0 bridgehead atoms. The van der Waals surface area contributed by atoms with Gasteiger partial charge in [-0.3, -0.25) is 4.79 Å². The van der Waals surface area contributed by atoms with E-state index in [4.69, 9.17) is 0 Å². The molecule has 0 spiro atoms. The first-order valence-corrected chi connectivity index (χ1v) is 6.67. The van der Waals surface area contributed by atoms with E-state index in [2.05, 4.69) is 39.8 Å². The quantitative estimate of drug-likeness (QED) is 0.721. The van der Waals surface area contributed by atoms with Crippen molar-refractivity contribution in [3.8, 4) is 0 Å². The van der Waals surface area contributed by atoms with Crippen molar-refractivity contribution in [1.82, 2.24) is 15.3 Å². The summed E-state index contributed by atoms with van der Waals surface area (Å²) < 4.78 is 0. The monoisotopic (exact) mass is 263 g/mol. The van der Waals surface area contributed by atoms with Gasteiger partial charge in [0.1, 0.15) is 18.0 Å². The number of aromatic nitrogens is 2. The molecular formula is C13H21N5O. The predicted molar refractivity (Wildman–Crippen MR) is 75.3 cm³/mol. The molecule has 6 nitrogen and oxygen atoms in total. The van der Waals surface area contributed by atoms with E-state index in [1.54, 1.807) is 0 Å². The van der Waals surface area contributed by atoms with Gasteiger partial charge in [-0.15, -0.1) is 0 Å². The Hall–Kier alpha value is -1.85. The van der Waals surface area contributed by atoms with Crippen molar-refractivity contribution in [3.63, 3.8) is 0 Å². The Bertz CT molecular complexity index is 456. The van der Waals surface area contributed by atoms with E-state index in [9.17, 15) is 4.79 Å². The highest BCUT2D eigenvalue weighted by molar-refractivity contribution is 5.81. The summed E-state index contributed by atoms with van der Waals surface area (Å²) in [7, 11) is 1.83. The van der Waals surface area contributed by atoms with E-state index in [1.165, 1.54) is 6.33 Å². The van der Waals surface area contributed by atoms with Crippen LogP contribution in [0.3, 0.4) is 0 Å². The third-order valence-electron chi connectivity index (χ3n) is 3.06. The first-order chi connectivity index (χ1) is 9.11. The molecule has 0 aromatic carbocycles. The lowest BCUT2D eigenvalue weighted by molar-refractivity contribution is -0.119. The van der Waals surface area contributed by atoms with E-state index in [0.717, 1.165) is 30.0 Å². The van der Waals surface area contributed by atoms with Crippen molar-refractivity contribution in [2.24, 2.45) is 0 Å². The van der Waals surface area contributed by atoms with E-state index in [0.29, 0.717) is 6.04 Å². The maximum absolute atomic E-state index is 11.7. The second kappa shape index (κ2) is 5.86. The fourth-order valence-corrected chi connectivity index (χ4v) is 1.95. The molecule has 0 radical (unpaired) electrons. The van der Waals surface area contributed by atoms with E-state index < -0.39 is 0 Å². The number of nitrogens with zero attached hydrogens (tertiary/aromatic N) is 2. The van der Waals surface area contributed by atoms with Crippen molar-refractivity contribution in [1.29, 1.82) is 0 Å². The summed E-state index contributed by atoms with van der Waals surface area (Å²) in [5, 5.41) is 9.10. The zero-order valence-electron chi connectivity index (χ0n) is 11.7. The molecular weight excluding hydrogens is 242 g/mol. The number of nitrogens with one attached hydrogen (secondary N) is 3. The Kier molecular flexibility index (Phi) is 4.19. The minimum Gasteiger partial charge on any atom is -0.373 e. The third-order valence-corrected chi connectivity index (χ3v) is 3.06. The molecule has 0 unspecified atom stereocenters. The first-order valence-electron chi connectivity index (χ1n) is 6.67. The van der Waals surface area contributed by atoms with Gasteiger partial charge in [-0.1, -0.05) is 13.8 Å². The Morgan fingerprint density at radius 2 is 2.05 bits per heavy atom. The fourth-order valence-electron chi connectivity index (χ4n) is 1.95. The lowest BCUT2D eigenvalue weighted by Gasteiger charge is -2.16. The van der Waals surface area contributed by atoms with Crippen molar-refractivity contribution in [2.75, 3.05) is 24.2 Å². The molecule has 1 amide bonds. The molecule has 0 aliphatic heterocycles. The van der Waals surface area contributed by atoms with Gasteiger partial charge >= 0.3 is 0 Å². The third kappa shape index (κ3) is 3.56. The van der Waals surface area contributed by atoms with Crippen molar-refractivity contribution < 1.29 is 4.79 Å². The number of rotatable bonds is 6. The second-order valence-electron chi connectivity index (χ2n) is 5.08. The second-order valence-corrected chi connectivity index (χ2v) is 5.08. The topological polar surface area (TPSA) is 78.9 Å². The van der Waals surface area contributed by atoms with Gasteiger partial charge in [0.2, 0.25) is 5.91 Å². The van der Waals surface area contributed by atoms with Crippen LogP contribution < -0.4 is 16.0 Å². The van der Waals surface area contributed by atoms with Crippen LogP contribution in [-0.4, -0.2) is 35.5 Å². The first kappa shape index (κ1) is 13.6. The summed E-state index contributed by atoms with van der Waals surface area (Å²) in [5.41, 5.74) is 1.00.